The number of nitrogens with one attached hydrogen (secondary N) is 2. The lowest BCUT2D eigenvalue weighted by atomic mass is 10.1. The molecule has 2 aromatic rings. The van der Waals surface area contributed by atoms with Crippen molar-refractivity contribution in [3.8, 4) is 0 Å². The molecule has 5 heteroatoms. The maximum Gasteiger partial charge on any atom is 0.225 e. The molecule has 0 saturated heterocycles. The van der Waals surface area contributed by atoms with Gasteiger partial charge in [-0.1, -0.05) is 29.8 Å². The highest BCUT2D eigenvalue weighted by Gasteiger charge is 2.07. The van der Waals surface area contributed by atoms with Gasteiger partial charge in [0.1, 0.15) is 5.82 Å². The van der Waals surface area contributed by atoms with Gasteiger partial charge in [-0.3, -0.25) is 9.89 Å². The van der Waals surface area contributed by atoms with Crippen LogP contribution in [0.25, 0.3) is 0 Å². The molecule has 1 amide bonds. The molecule has 2 N–H and O–H groups in total. The van der Waals surface area contributed by atoms with Crippen LogP contribution >= 0.6 is 11.6 Å². The minimum absolute atomic E-state index is 0.0535. The fourth-order valence-electron chi connectivity index (χ4n) is 1.62. The smallest absolute Gasteiger partial charge is 0.225 e. The fraction of sp³-hybridized carbons (Fsp3) is 0.231. The van der Waals surface area contributed by atoms with E-state index in [-0.39, 0.29) is 5.91 Å². The topological polar surface area (TPSA) is 57.8 Å². The van der Waals surface area contributed by atoms with Crippen molar-refractivity contribution >= 4 is 23.3 Å². The second kappa shape index (κ2) is 5.69. The van der Waals surface area contributed by atoms with E-state index in [9.17, 15) is 4.79 Å². The van der Waals surface area contributed by atoms with Gasteiger partial charge in [0, 0.05) is 17.0 Å². The molecule has 0 unspecified atom stereocenters. The van der Waals surface area contributed by atoms with E-state index in [2.05, 4.69) is 15.5 Å². The number of benzene rings is 1. The molecule has 0 fully saturated rings. The summed E-state index contributed by atoms with van der Waals surface area (Å²) in [7, 11) is 0. The monoisotopic (exact) mass is 263 g/mol. The van der Waals surface area contributed by atoms with Crippen LogP contribution in [0.4, 0.5) is 5.82 Å². The number of carbonyl (C=O) groups excluding carboxylic acids is 1. The van der Waals surface area contributed by atoms with Crippen molar-refractivity contribution in [2.24, 2.45) is 0 Å². The van der Waals surface area contributed by atoms with Crippen LogP contribution in [0.1, 0.15) is 17.5 Å². The van der Waals surface area contributed by atoms with Crippen molar-refractivity contribution < 1.29 is 4.79 Å². The number of aryl methyl sites for hydroxylation is 2. The molecule has 0 bridgehead atoms. The van der Waals surface area contributed by atoms with Gasteiger partial charge in [0.25, 0.3) is 0 Å². The van der Waals surface area contributed by atoms with Gasteiger partial charge in [0.2, 0.25) is 5.91 Å². The summed E-state index contributed by atoms with van der Waals surface area (Å²) in [5.41, 5.74) is 1.90. The highest BCUT2D eigenvalue weighted by atomic mass is 35.5. The first kappa shape index (κ1) is 12.6. The summed E-state index contributed by atoms with van der Waals surface area (Å²) in [5.74, 6) is 0.599. The van der Waals surface area contributed by atoms with Crippen LogP contribution in [0.2, 0.25) is 5.02 Å². The minimum Gasteiger partial charge on any atom is -0.311 e. The molecule has 0 spiro atoms. The average Bonchev–Trinajstić information content (AvgIpc) is 2.74. The van der Waals surface area contributed by atoms with Crippen LogP contribution in [0.5, 0.6) is 0 Å². The zero-order valence-electron chi connectivity index (χ0n) is 10.0. The SMILES string of the molecule is Cc1cn[nH]c1NC(=O)CCc1ccccc1Cl. The van der Waals surface area contributed by atoms with E-state index < -0.39 is 0 Å². The molecular weight excluding hydrogens is 250 g/mol. The number of H-pyrrole nitrogens is 1. The Morgan fingerprint density at radius 3 is 2.89 bits per heavy atom. The zero-order chi connectivity index (χ0) is 13.0. The van der Waals surface area contributed by atoms with Crippen LogP contribution in [0, 0.1) is 6.92 Å². The van der Waals surface area contributed by atoms with Gasteiger partial charge in [0.15, 0.2) is 0 Å². The van der Waals surface area contributed by atoms with E-state index in [0.717, 1.165) is 11.1 Å². The molecule has 0 radical (unpaired) electrons. The Morgan fingerprint density at radius 2 is 2.22 bits per heavy atom. The predicted octanol–water partition coefficient (Wildman–Crippen LogP) is 2.94. The third-order valence-electron chi connectivity index (χ3n) is 2.67. The lowest BCUT2D eigenvalue weighted by Gasteiger charge is -2.05. The van der Waals surface area contributed by atoms with Crippen LogP contribution in [0.3, 0.4) is 0 Å². The number of aromatic amines is 1. The summed E-state index contributed by atoms with van der Waals surface area (Å²) < 4.78 is 0. The molecule has 4 nitrogen and oxygen atoms in total. The number of amides is 1. The van der Waals surface area contributed by atoms with Crippen LogP contribution < -0.4 is 5.32 Å². The van der Waals surface area contributed by atoms with Crippen molar-refractivity contribution in [3.05, 3.63) is 46.6 Å². The number of carbonyl (C=O) groups is 1. The first-order valence-corrected chi connectivity index (χ1v) is 6.08. The molecule has 1 aromatic heterocycles. The van der Waals surface area contributed by atoms with Gasteiger partial charge in [0.05, 0.1) is 6.20 Å². The van der Waals surface area contributed by atoms with Gasteiger partial charge in [-0.15, -0.1) is 0 Å². The zero-order valence-corrected chi connectivity index (χ0v) is 10.8. The Balaban J connectivity index is 1.90. The standard InChI is InChI=1S/C13H14ClN3O/c1-9-8-15-17-13(9)16-12(18)7-6-10-4-2-3-5-11(10)14/h2-5,8H,6-7H2,1H3,(H2,15,16,17,18). The molecule has 1 heterocycles. The Hall–Kier alpha value is -1.81. The number of halogens is 1. The summed E-state index contributed by atoms with van der Waals surface area (Å²) in [6, 6.07) is 7.54. The van der Waals surface area contributed by atoms with Crippen molar-refractivity contribution in [2.45, 2.75) is 19.8 Å². The Kier molecular flexibility index (Phi) is 3.99. The third kappa shape index (κ3) is 3.11. The number of nitrogens with zero attached hydrogens (tertiary/aromatic N) is 1. The second-order valence-electron chi connectivity index (χ2n) is 4.07. The van der Waals surface area contributed by atoms with E-state index in [4.69, 9.17) is 11.6 Å². The Morgan fingerprint density at radius 1 is 1.44 bits per heavy atom. The van der Waals surface area contributed by atoms with E-state index in [1.807, 2.05) is 31.2 Å². The molecule has 0 aliphatic carbocycles. The largest absolute Gasteiger partial charge is 0.311 e. The molecule has 1 aromatic carbocycles. The molecule has 0 saturated carbocycles. The lowest BCUT2D eigenvalue weighted by Crippen LogP contribution is -2.13. The molecule has 0 aliphatic heterocycles. The summed E-state index contributed by atoms with van der Waals surface area (Å²) >= 11 is 6.03. The van der Waals surface area contributed by atoms with E-state index >= 15 is 0 Å². The first-order chi connectivity index (χ1) is 8.66. The van der Waals surface area contributed by atoms with E-state index in [0.29, 0.717) is 23.7 Å². The first-order valence-electron chi connectivity index (χ1n) is 5.70. The predicted molar refractivity (Wildman–Crippen MR) is 71.7 cm³/mol. The molecule has 18 heavy (non-hydrogen) atoms. The van der Waals surface area contributed by atoms with Gasteiger partial charge < -0.3 is 5.32 Å². The minimum atomic E-state index is -0.0535. The average molecular weight is 264 g/mol. The number of aromatic nitrogens is 2. The van der Waals surface area contributed by atoms with Crippen molar-refractivity contribution in [3.63, 3.8) is 0 Å². The molecule has 0 atom stereocenters. The van der Waals surface area contributed by atoms with Crippen LogP contribution in [-0.2, 0) is 11.2 Å². The van der Waals surface area contributed by atoms with E-state index in [1.165, 1.54) is 0 Å². The molecule has 2 rings (SSSR count). The van der Waals surface area contributed by atoms with Crippen LogP contribution in [0.15, 0.2) is 30.5 Å². The molecule has 0 aliphatic rings. The van der Waals surface area contributed by atoms with Gasteiger partial charge in [-0.2, -0.15) is 5.10 Å². The highest BCUT2D eigenvalue weighted by molar-refractivity contribution is 6.31. The maximum atomic E-state index is 11.7. The number of hydrogen-bond acceptors (Lipinski definition) is 2. The second-order valence-corrected chi connectivity index (χ2v) is 4.47. The number of rotatable bonds is 4. The fourth-order valence-corrected chi connectivity index (χ4v) is 1.85. The van der Waals surface area contributed by atoms with Crippen molar-refractivity contribution in [1.29, 1.82) is 0 Å². The van der Waals surface area contributed by atoms with Gasteiger partial charge in [-0.25, -0.2) is 0 Å². The Labute approximate surface area is 110 Å². The van der Waals surface area contributed by atoms with Gasteiger partial charge >= 0.3 is 0 Å². The number of hydrogen-bond donors (Lipinski definition) is 2. The maximum absolute atomic E-state index is 11.7. The normalized spacial score (nSPS) is 10.3. The summed E-state index contributed by atoms with van der Waals surface area (Å²) in [6.45, 7) is 1.88. The van der Waals surface area contributed by atoms with E-state index in [1.54, 1.807) is 6.20 Å². The third-order valence-corrected chi connectivity index (χ3v) is 3.04. The summed E-state index contributed by atoms with van der Waals surface area (Å²) in [4.78, 5) is 11.7. The summed E-state index contributed by atoms with van der Waals surface area (Å²) in [5, 5.41) is 10.1. The lowest BCUT2D eigenvalue weighted by molar-refractivity contribution is -0.116. The summed E-state index contributed by atoms with van der Waals surface area (Å²) in [6.07, 6.45) is 2.69. The molecular formula is C13H14ClN3O. The van der Waals surface area contributed by atoms with Crippen molar-refractivity contribution in [1.82, 2.24) is 10.2 Å². The number of anilines is 1. The highest BCUT2D eigenvalue weighted by Crippen LogP contribution is 2.17. The van der Waals surface area contributed by atoms with Gasteiger partial charge in [-0.05, 0) is 25.0 Å². The quantitative estimate of drug-likeness (QED) is 0.891. The molecule has 94 valence electrons. The Bertz CT molecular complexity index is 551. The van der Waals surface area contributed by atoms with Crippen LogP contribution in [-0.4, -0.2) is 16.1 Å². The van der Waals surface area contributed by atoms with Crippen molar-refractivity contribution in [2.75, 3.05) is 5.32 Å².